The predicted molar refractivity (Wildman–Crippen MR) is 101 cm³/mol. The van der Waals surface area contributed by atoms with Gasteiger partial charge in [-0.3, -0.25) is 4.79 Å². The fourth-order valence-corrected chi connectivity index (χ4v) is 3.97. The third kappa shape index (κ3) is 4.23. The molecule has 0 radical (unpaired) electrons. The molecule has 2 fully saturated rings. The molecular weight excluding hydrogens is 344 g/mol. The summed E-state index contributed by atoms with van der Waals surface area (Å²) in [5.74, 6) is 0.0844. The molecule has 1 saturated heterocycles. The number of piperazine rings is 1. The van der Waals surface area contributed by atoms with Crippen molar-refractivity contribution in [2.24, 2.45) is 0 Å². The Morgan fingerprint density at radius 1 is 1.07 bits per heavy atom. The predicted octanol–water partition coefficient (Wildman–Crippen LogP) is 2.56. The van der Waals surface area contributed by atoms with E-state index in [1.165, 1.54) is 25.7 Å². The lowest BCUT2D eigenvalue weighted by atomic mass is 9.96. The van der Waals surface area contributed by atoms with Gasteiger partial charge in [0.25, 0.3) is 0 Å². The maximum Gasteiger partial charge on any atom is 0.317 e. The third-order valence-corrected chi connectivity index (χ3v) is 5.60. The van der Waals surface area contributed by atoms with Crippen molar-refractivity contribution in [2.45, 2.75) is 44.6 Å². The minimum absolute atomic E-state index is 0.0183. The van der Waals surface area contributed by atoms with Crippen LogP contribution in [0, 0.1) is 0 Å². The van der Waals surface area contributed by atoms with Crippen molar-refractivity contribution < 1.29 is 14.0 Å². The zero-order chi connectivity index (χ0) is 18.6. The van der Waals surface area contributed by atoms with Gasteiger partial charge in [-0.2, -0.15) is 0 Å². The topological polar surface area (TPSA) is 78.7 Å². The van der Waals surface area contributed by atoms with Crippen LogP contribution in [0.15, 0.2) is 29.0 Å². The summed E-state index contributed by atoms with van der Waals surface area (Å²) in [5.41, 5.74) is 2.41. The van der Waals surface area contributed by atoms with Gasteiger partial charge in [0, 0.05) is 32.2 Å². The molecule has 1 saturated carbocycles. The number of nitrogens with zero attached hydrogens (tertiary/aromatic N) is 3. The summed E-state index contributed by atoms with van der Waals surface area (Å²) in [4.78, 5) is 32.8. The second-order valence-corrected chi connectivity index (χ2v) is 7.48. The van der Waals surface area contributed by atoms with Crippen LogP contribution >= 0.6 is 0 Å². The zero-order valence-corrected chi connectivity index (χ0v) is 15.5. The number of carbonyl (C=O) groups excluding carboxylic acids is 2. The van der Waals surface area contributed by atoms with Crippen LogP contribution in [0.5, 0.6) is 0 Å². The van der Waals surface area contributed by atoms with E-state index < -0.39 is 0 Å². The summed E-state index contributed by atoms with van der Waals surface area (Å²) in [6, 6.07) is 5.99. The molecule has 1 N–H and O–H groups in total. The van der Waals surface area contributed by atoms with Gasteiger partial charge in [0.15, 0.2) is 12.0 Å². The highest BCUT2D eigenvalue weighted by atomic mass is 16.3. The van der Waals surface area contributed by atoms with E-state index in [2.05, 4.69) is 10.3 Å². The minimum atomic E-state index is 0.0183. The Bertz CT molecular complexity index is 804. The van der Waals surface area contributed by atoms with Crippen LogP contribution in [0.3, 0.4) is 0 Å². The molecule has 0 unspecified atom stereocenters. The number of aromatic nitrogens is 1. The standard InChI is InChI=1S/C20H26N4O3/c25-19(13-15-6-7-17-18(12-15)27-14-21-17)23-8-10-24(11-9-23)20(26)22-16-4-2-1-3-5-16/h6-7,12,14,16H,1-5,8-11,13H2,(H,22,26). The molecule has 144 valence electrons. The highest BCUT2D eigenvalue weighted by Gasteiger charge is 2.26. The van der Waals surface area contributed by atoms with E-state index in [1.807, 2.05) is 28.0 Å². The van der Waals surface area contributed by atoms with Crippen LogP contribution in [-0.2, 0) is 11.2 Å². The number of nitrogens with one attached hydrogen (secondary N) is 1. The first kappa shape index (κ1) is 17.8. The van der Waals surface area contributed by atoms with Gasteiger partial charge < -0.3 is 19.5 Å². The summed E-state index contributed by atoms with van der Waals surface area (Å²) in [6.45, 7) is 2.35. The number of urea groups is 1. The van der Waals surface area contributed by atoms with E-state index in [0.29, 0.717) is 44.2 Å². The van der Waals surface area contributed by atoms with Gasteiger partial charge in [0.1, 0.15) is 5.52 Å². The van der Waals surface area contributed by atoms with Gasteiger partial charge >= 0.3 is 6.03 Å². The highest BCUT2D eigenvalue weighted by molar-refractivity contribution is 5.81. The van der Waals surface area contributed by atoms with Crippen LogP contribution in [0.4, 0.5) is 4.79 Å². The average Bonchev–Trinajstić information content (AvgIpc) is 3.16. The average molecular weight is 370 g/mol. The highest BCUT2D eigenvalue weighted by Crippen LogP contribution is 2.18. The molecule has 1 aromatic carbocycles. The zero-order valence-electron chi connectivity index (χ0n) is 15.5. The second kappa shape index (κ2) is 7.98. The van der Waals surface area contributed by atoms with Crippen molar-refractivity contribution in [2.75, 3.05) is 26.2 Å². The summed E-state index contributed by atoms with van der Waals surface area (Å²) in [7, 11) is 0. The fraction of sp³-hybridized carbons (Fsp3) is 0.550. The van der Waals surface area contributed by atoms with Crippen molar-refractivity contribution in [1.82, 2.24) is 20.1 Å². The van der Waals surface area contributed by atoms with Crippen molar-refractivity contribution >= 4 is 23.0 Å². The van der Waals surface area contributed by atoms with Crippen LogP contribution < -0.4 is 5.32 Å². The molecular formula is C20H26N4O3. The first-order valence-corrected chi connectivity index (χ1v) is 9.84. The molecule has 0 spiro atoms. The number of fused-ring (bicyclic) bond motifs is 1. The fourth-order valence-electron chi connectivity index (χ4n) is 3.97. The number of oxazole rings is 1. The first-order chi connectivity index (χ1) is 13.2. The lowest BCUT2D eigenvalue weighted by Gasteiger charge is -2.36. The number of amides is 3. The molecule has 3 amide bonds. The molecule has 2 heterocycles. The molecule has 2 aromatic rings. The molecule has 1 aromatic heterocycles. The summed E-state index contributed by atoms with van der Waals surface area (Å²) in [6.07, 6.45) is 7.59. The molecule has 1 aliphatic carbocycles. The second-order valence-electron chi connectivity index (χ2n) is 7.48. The Hall–Kier alpha value is -2.57. The lowest BCUT2D eigenvalue weighted by Crippen LogP contribution is -2.54. The quantitative estimate of drug-likeness (QED) is 0.901. The van der Waals surface area contributed by atoms with Crippen LogP contribution in [0.1, 0.15) is 37.7 Å². The van der Waals surface area contributed by atoms with Gasteiger partial charge in [-0.25, -0.2) is 9.78 Å². The normalized spacial score (nSPS) is 18.7. The number of rotatable bonds is 3. The summed E-state index contributed by atoms with van der Waals surface area (Å²) >= 11 is 0. The van der Waals surface area contributed by atoms with E-state index in [9.17, 15) is 9.59 Å². The van der Waals surface area contributed by atoms with Gasteiger partial charge in [-0.1, -0.05) is 25.3 Å². The van der Waals surface area contributed by atoms with Crippen molar-refractivity contribution in [1.29, 1.82) is 0 Å². The monoisotopic (exact) mass is 370 g/mol. The summed E-state index contributed by atoms with van der Waals surface area (Å²) in [5, 5.41) is 3.15. The van der Waals surface area contributed by atoms with Gasteiger partial charge in [-0.05, 0) is 30.5 Å². The van der Waals surface area contributed by atoms with Crippen molar-refractivity contribution in [3.8, 4) is 0 Å². The maximum atomic E-state index is 12.6. The van der Waals surface area contributed by atoms with E-state index in [0.717, 1.165) is 23.9 Å². The smallest absolute Gasteiger partial charge is 0.317 e. The molecule has 7 nitrogen and oxygen atoms in total. The Labute approximate surface area is 158 Å². The van der Waals surface area contributed by atoms with Gasteiger partial charge in [0.2, 0.25) is 5.91 Å². The third-order valence-electron chi connectivity index (χ3n) is 5.60. The SMILES string of the molecule is O=C(Cc1ccc2ncoc2c1)N1CCN(C(=O)NC2CCCCC2)CC1. The molecule has 0 bridgehead atoms. The van der Waals surface area contributed by atoms with E-state index in [-0.39, 0.29) is 11.9 Å². The van der Waals surface area contributed by atoms with Crippen molar-refractivity contribution in [3.63, 3.8) is 0 Å². The van der Waals surface area contributed by atoms with Gasteiger partial charge in [-0.15, -0.1) is 0 Å². The minimum Gasteiger partial charge on any atom is -0.443 e. The molecule has 7 heteroatoms. The van der Waals surface area contributed by atoms with Crippen LogP contribution in [-0.4, -0.2) is 58.9 Å². The Morgan fingerprint density at radius 2 is 1.81 bits per heavy atom. The Kier molecular flexibility index (Phi) is 5.27. The van der Waals surface area contributed by atoms with Crippen LogP contribution in [0.25, 0.3) is 11.1 Å². The molecule has 2 aliphatic rings. The first-order valence-electron chi connectivity index (χ1n) is 9.84. The Balaban J connectivity index is 1.26. The largest absolute Gasteiger partial charge is 0.443 e. The molecule has 27 heavy (non-hydrogen) atoms. The molecule has 1 aliphatic heterocycles. The molecule has 4 rings (SSSR count). The lowest BCUT2D eigenvalue weighted by molar-refractivity contribution is -0.131. The number of hydrogen-bond acceptors (Lipinski definition) is 4. The summed E-state index contributed by atoms with van der Waals surface area (Å²) < 4.78 is 5.30. The maximum absolute atomic E-state index is 12.6. The molecule has 0 atom stereocenters. The Morgan fingerprint density at radius 3 is 2.59 bits per heavy atom. The van der Waals surface area contributed by atoms with Crippen molar-refractivity contribution in [3.05, 3.63) is 30.2 Å². The van der Waals surface area contributed by atoms with E-state index in [4.69, 9.17) is 4.42 Å². The van der Waals surface area contributed by atoms with E-state index in [1.54, 1.807) is 0 Å². The van der Waals surface area contributed by atoms with E-state index >= 15 is 0 Å². The van der Waals surface area contributed by atoms with Gasteiger partial charge in [0.05, 0.1) is 6.42 Å². The van der Waals surface area contributed by atoms with Crippen LogP contribution in [0.2, 0.25) is 0 Å². The number of carbonyl (C=O) groups is 2. The number of hydrogen-bond donors (Lipinski definition) is 1. The number of benzene rings is 1.